The van der Waals surface area contributed by atoms with Crippen molar-refractivity contribution in [3.05, 3.63) is 90.8 Å². The van der Waals surface area contributed by atoms with Crippen LogP contribution in [-0.2, 0) is 0 Å². The Hall–Kier alpha value is -4.39. The molecule has 1 saturated heterocycles. The topological polar surface area (TPSA) is 89.7 Å². The number of carbonyl (C=O) groups excluding carboxylic acids is 1. The van der Waals surface area contributed by atoms with Crippen LogP contribution in [0.3, 0.4) is 0 Å². The van der Waals surface area contributed by atoms with Crippen LogP contribution in [0.1, 0.15) is 17.9 Å². The highest BCUT2D eigenvalue weighted by atomic mass is 16.2. The normalized spacial score (nSPS) is 15.6. The predicted molar refractivity (Wildman–Crippen MR) is 134 cm³/mol. The number of aromatic amines is 2. The number of amides is 2. The fourth-order valence-corrected chi connectivity index (χ4v) is 4.61. The maximum Gasteiger partial charge on any atom is 0.321 e. The zero-order valence-electron chi connectivity index (χ0n) is 18.5. The summed E-state index contributed by atoms with van der Waals surface area (Å²) in [5.41, 5.74) is 6.81. The summed E-state index contributed by atoms with van der Waals surface area (Å²) in [5, 5.41) is 3.05. The molecule has 0 bridgehead atoms. The van der Waals surface area contributed by atoms with Crippen LogP contribution in [-0.4, -0.2) is 44.0 Å². The Kier molecular flexibility index (Phi) is 5.07. The van der Waals surface area contributed by atoms with Crippen molar-refractivity contribution in [1.82, 2.24) is 24.8 Å². The molecular formula is C27H24N6O. The molecule has 0 radical (unpaired) electrons. The lowest BCUT2D eigenvalue weighted by Crippen LogP contribution is -2.32. The number of nitrogens with zero attached hydrogens (tertiary/aromatic N) is 3. The summed E-state index contributed by atoms with van der Waals surface area (Å²) in [6.07, 6.45) is 4.72. The lowest BCUT2D eigenvalue weighted by Gasteiger charge is -2.18. The Labute approximate surface area is 196 Å². The van der Waals surface area contributed by atoms with Crippen LogP contribution in [0.25, 0.3) is 33.8 Å². The van der Waals surface area contributed by atoms with Crippen LogP contribution in [0.4, 0.5) is 10.5 Å². The summed E-state index contributed by atoms with van der Waals surface area (Å²) >= 11 is 0. The molecule has 0 unspecified atom stereocenters. The van der Waals surface area contributed by atoms with E-state index >= 15 is 0 Å². The smallest absolute Gasteiger partial charge is 0.321 e. The maximum atomic E-state index is 13.0. The first-order valence-corrected chi connectivity index (χ1v) is 11.4. The highest BCUT2D eigenvalue weighted by Gasteiger charge is 2.27. The number of aromatic nitrogens is 4. The standard InChI is InChI=1S/C27H24N6O/c34-27(33-15-12-19(17-33)18-6-2-1-3-7-18)30-20-10-11-21-24(16-20)32-26(23-9-5-14-29-23)25(31-21)22-8-4-13-28-22/h1-11,13-14,16,19,28-29H,12,15,17H2,(H,30,34)/t19-/m1/s1. The van der Waals surface area contributed by atoms with Gasteiger partial charge in [-0.05, 0) is 54.4 Å². The predicted octanol–water partition coefficient (Wildman–Crippen LogP) is 5.64. The van der Waals surface area contributed by atoms with Crippen molar-refractivity contribution in [2.45, 2.75) is 12.3 Å². The number of anilines is 1. The van der Waals surface area contributed by atoms with E-state index in [1.165, 1.54) is 5.56 Å². The average Bonchev–Trinajstić information content (AvgIpc) is 3.66. The minimum Gasteiger partial charge on any atom is -0.360 e. The molecule has 0 saturated carbocycles. The number of rotatable bonds is 4. The highest BCUT2D eigenvalue weighted by molar-refractivity contribution is 5.93. The van der Waals surface area contributed by atoms with Gasteiger partial charge in [0.25, 0.3) is 0 Å². The first-order valence-electron chi connectivity index (χ1n) is 11.4. The number of fused-ring (bicyclic) bond motifs is 1. The van der Waals surface area contributed by atoms with Crippen molar-refractivity contribution in [2.24, 2.45) is 0 Å². The molecule has 168 valence electrons. The average molecular weight is 449 g/mol. The molecule has 6 rings (SSSR count). The van der Waals surface area contributed by atoms with Gasteiger partial charge in [-0.2, -0.15) is 0 Å². The van der Waals surface area contributed by atoms with Gasteiger partial charge >= 0.3 is 6.03 Å². The van der Waals surface area contributed by atoms with E-state index in [-0.39, 0.29) is 6.03 Å². The molecule has 0 spiro atoms. The molecule has 7 heteroatoms. The van der Waals surface area contributed by atoms with E-state index in [0.29, 0.717) is 11.6 Å². The molecule has 2 aromatic carbocycles. The van der Waals surface area contributed by atoms with Crippen LogP contribution in [0.15, 0.2) is 85.2 Å². The molecule has 1 aliphatic rings. The first-order chi connectivity index (χ1) is 16.7. The van der Waals surface area contributed by atoms with Gasteiger partial charge in [0.15, 0.2) is 0 Å². The molecule has 5 aromatic rings. The summed E-state index contributed by atoms with van der Waals surface area (Å²) in [6, 6.07) is 23.8. The molecule has 7 nitrogen and oxygen atoms in total. The third-order valence-electron chi connectivity index (χ3n) is 6.37. The number of carbonyl (C=O) groups is 1. The van der Waals surface area contributed by atoms with Gasteiger partial charge in [0.1, 0.15) is 11.4 Å². The lowest BCUT2D eigenvalue weighted by atomic mass is 9.99. The van der Waals surface area contributed by atoms with Gasteiger partial charge in [0.2, 0.25) is 0 Å². The van der Waals surface area contributed by atoms with E-state index in [9.17, 15) is 4.79 Å². The van der Waals surface area contributed by atoms with Crippen LogP contribution < -0.4 is 5.32 Å². The van der Waals surface area contributed by atoms with Crippen molar-refractivity contribution in [1.29, 1.82) is 0 Å². The Morgan fingerprint density at radius 3 is 2.24 bits per heavy atom. The first kappa shape index (κ1) is 20.2. The number of hydrogen-bond acceptors (Lipinski definition) is 3. The zero-order chi connectivity index (χ0) is 22.9. The van der Waals surface area contributed by atoms with Crippen LogP contribution in [0, 0.1) is 0 Å². The second kappa shape index (κ2) is 8.51. The molecule has 2 amide bonds. The Bertz CT molecular complexity index is 1430. The van der Waals surface area contributed by atoms with Crippen molar-refractivity contribution < 1.29 is 4.79 Å². The zero-order valence-corrected chi connectivity index (χ0v) is 18.5. The van der Waals surface area contributed by atoms with E-state index in [2.05, 4.69) is 39.6 Å². The van der Waals surface area contributed by atoms with Crippen LogP contribution in [0.2, 0.25) is 0 Å². The molecule has 0 aliphatic carbocycles. The number of hydrogen-bond donors (Lipinski definition) is 3. The molecule has 1 aliphatic heterocycles. The Morgan fingerprint density at radius 2 is 1.56 bits per heavy atom. The number of likely N-dealkylation sites (tertiary alicyclic amines) is 1. The van der Waals surface area contributed by atoms with Gasteiger partial charge in [-0.15, -0.1) is 0 Å². The molecular weight excluding hydrogens is 424 g/mol. The summed E-state index contributed by atoms with van der Waals surface area (Å²) in [4.78, 5) is 31.1. The quantitative estimate of drug-likeness (QED) is 0.332. The van der Waals surface area contributed by atoms with E-state index < -0.39 is 0 Å². The van der Waals surface area contributed by atoms with Gasteiger partial charge in [0, 0.05) is 37.1 Å². The van der Waals surface area contributed by atoms with Crippen LogP contribution in [0.5, 0.6) is 0 Å². The highest BCUT2D eigenvalue weighted by Crippen LogP contribution is 2.31. The molecule has 34 heavy (non-hydrogen) atoms. The van der Waals surface area contributed by atoms with Crippen molar-refractivity contribution in [3.63, 3.8) is 0 Å². The lowest BCUT2D eigenvalue weighted by molar-refractivity contribution is 0.222. The molecule has 1 fully saturated rings. The van der Waals surface area contributed by atoms with Gasteiger partial charge < -0.3 is 20.2 Å². The number of urea groups is 1. The van der Waals surface area contributed by atoms with E-state index in [4.69, 9.17) is 9.97 Å². The van der Waals surface area contributed by atoms with Gasteiger partial charge in [-0.1, -0.05) is 30.3 Å². The largest absolute Gasteiger partial charge is 0.360 e. The van der Waals surface area contributed by atoms with Crippen LogP contribution >= 0.6 is 0 Å². The van der Waals surface area contributed by atoms with E-state index in [1.807, 2.05) is 65.8 Å². The summed E-state index contributed by atoms with van der Waals surface area (Å²) < 4.78 is 0. The SMILES string of the molecule is O=C(Nc1ccc2nc(-c3ccc[nH]3)c(-c3ccc[nH]3)nc2c1)N1CC[C@@H](c2ccccc2)C1. The fourth-order valence-electron chi connectivity index (χ4n) is 4.61. The molecule has 1 atom stereocenters. The number of H-pyrrole nitrogens is 2. The minimum absolute atomic E-state index is 0.0849. The Balaban J connectivity index is 1.26. The van der Waals surface area contributed by atoms with Gasteiger partial charge in [-0.3, -0.25) is 0 Å². The summed E-state index contributed by atoms with van der Waals surface area (Å²) in [6.45, 7) is 1.47. The fraction of sp³-hybridized carbons (Fsp3) is 0.148. The van der Waals surface area contributed by atoms with E-state index in [1.54, 1.807) is 0 Å². The molecule has 4 heterocycles. The number of nitrogens with one attached hydrogen (secondary N) is 3. The molecule has 3 aromatic heterocycles. The maximum absolute atomic E-state index is 13.0. The summed E-state index contributed by atoms with van der Waals surface area (Å²) in [7, 11) is 0. The number of benzene rings is 2. The van der Waals surface area contributed by atoms with Crippen molar-refractivity contribution >= 4 is 22.8 Å². The van der Waals surface area contributed by atoms with Crippen molar-refractivity contribution in [2.75, 3.05) is 18.4 Å². The molecule has 3 N–H and O–H groups in total. The third-order valence-corrected chi connectivity index (χ3v) is 6.37. The minimum atomic E-state index is -0.0849. The second-order valence-corrected chi connectivity index (χ2v) is 8.56. The van der Waals surface area contributed by atoms with Crippen molar-refractivity contribution in [3.8, 4) is 22.8 Å². The third kappa shape index (κ3) is 3.81. The summed E-state index contributed by atoms with van der Waals surface area (Å²) in [5.74, 6) is 0.379. The second-order valence-electron chi connectivity index (χ2n) is 8.56. The van der Waals surface area contributed by atoms with Gasteiger partial charge in [0.05, 0.1) is 22.4 Å². The monoisotopic (exact) mass is 448 g/mol. The van der Waals surface area contributed by atoms with E-state index in [0.717, 1.165) is 53.3 Å². The van der Waals surface area contributed by atoms with Gasteiger partial charge in [-0.25, -0.2) is 14.8 Å². The Morgan fingerprint density at radius 1 is 0.853 bits per heavy atom.